The summed E-state index contributed by atoms with van der Waals surface area (Å²) >= 11 is 3.02. The highest BCUT2D eigenvalue weighted by atomic mass is 79.9. The van der Waals surface area contributed by atoms with E-state index in [-0.39, 0.29) is 11.3 Å². The van der Waals surface area contributed by atoms with Gasteiger partial charge in [-0.25, -0.2) is 4.79 Å². The first-order valence-corrected chi connectivity index (χ1v) is 6.67. The minimum Gasteiger partial charge on any atom is -0.394 e. The van der Waals surface area contributed by atoms with E-state index in [1.54, 1.807) is 0 Å². The molecule has 5 N–H and O–H groups in total. The van der Waals surface area contributed by atoms with Crippen molar-refractivity contribution in [1.82, 2.24) is 9.97 Å². The third kappa shape index (κ3) is 2.63. The maximum Gasteiger partial charge on any atom is 0.326 e. The number of ether oxygens (including phenoxy) is 1. The number of H-pyrrole nitrogens is 2. The minimum absolute atomic E-state index is 0.0252. The Hall–Kier alpha value is -1.26. The van der Waals surface area contributed by atoms with E-state index in [0.717, 1.165) is 0 Å². The third-order valence-corrected chi connectivity index (χ3v) is 3.33. The lowest BCUT2D eigenvalue weighted by Gasteiger charge is -2.15. The second-order valence-electron chi connectivity index (χ2n) is 4.29. The van der Waals surface area contributed by atoms with Gasteiger partial charge in [-0.15, -0.1) is 0 Å². The Morgan fingerprint density at radius 2 is 1.95 bits per heavy atom. The van der Waals surface area contributed by atoms with Crippen molar-refractivity contribution >= 4 is 22.0 Å². The summed E-state index contributed by atoms with van der Waals surface area (Å²) in [6, 6.07) is 0. The van der Waals surface area contributed by atoms with Gasteiger partial charge in [0.05, 0.1) is 17.9 Å². The van der Waals surface area contributed by atoms with Crippen molar-refractivity contribution in [3.05, 3.63) is 37.1 Å². The first-order chi connectivity index (χ1) is 9.49. The highest BCUT2D eigenvalue weighted by molar-refractivity contribution is 9.11. The summed E-state index contributed by atoms with van der Waals surface area (Å²) in [5.74, 6) is 0. The average molecular weight is 349 g/mol. The van der Waals surface area contributed by atoms with Crippen LogP contribution in [0, 0.1) is 0 Å². The van der Waals surface area contributed by atoms with Gasteiger partial charge in [-0.3, -0.25) is 9.78 Å². The number of aromatic amines is 2. The number of aliphatic hydroxyl groups excluding tert-OH is 3. The standard InChI is InChI=1S/C11H13BrN2O6/c12-2-1-4-6(10(18)14-11(19)13-4)9-8(17)7(16)5(3-15)20-9/h1-2,5,7-9,15-17H,3H2,(H2,13,14,18,19)/t5-,7-,8+,9?/m1/s1. The monoisotopic (exact) mass is 348 g/mol. The van der Waals surface area contributed by atoms with Gasteiger partial charge in [0.25, 0.3) is 5.56 Å². The van der Waals surface area contributed by atoms with Crippen LogP contribution in [0.5, 0.6) is 0 Å². The smallest absolute Gasteiger partial charge is 0.326 e. The summed E-state index contributed by atoms with van der Waals surface area (Å²) < 4.78 is 5.29. The Morgan fingerprint density at radius 3 is 2.50 bits per heavy atom. The van der Waals surface area contributed by atoms with Gasteiger partial charge in [0.1, 0.15) is 24.4 Å². The molecule has 1 aliphatic rings. The Morgan fingerprint density at radius 1 is 1.25 bits per heavy atom. The summed E-state index contributed by atoms with van der Waals surface area (Å²) in [4.78, 5) is 29.0. The Kier molecular flexibility index (Phi) is 4.55. The molecule has 0 radical (unpaired) electrons. The predicted molar refractivity (Wildman–Crippen MR) is 72.4 cm³/mol. The summed E-state index contributed by atoms with van der Waals surface area (Å²) in [6.45, 7) is -0.500. The highest BCUT2D eigenvalue weighted by Crippen LogP contribution is 2.33. The zero-order valence-electron chi connectivity index (χ0n) is 10.1. The van der Waals surface area contributed by atoms with E-state index < -0.39 is 42.3 Å². The van der Waals surface area contributed by atoms with E-state index in [1.807, 2.05) is 4.98 Å². The van der Waals surface area contributed by atoms with Crippen LogP contribution in [0.3, 0.4) is 0 Å². The molecule has 1 saturated heterocycles. The lowest BCUT2D eigenvalue weighted by Crippen LogP contribution is -2.34. The summed E-state index contributed by atoms with van der Waals surface area (Å²) in [6.07, 6.45) is -3.46. The predicted octanol–water partition coefficient (Wildman–Crippen LogP) is -1.42. The number of aromatic nitrogens is 2. The molecule has 1 fully saturated rings. The van der Waals surface area contributed by atoms with Crippen LogP contribution in [-0.2, 0) is 4.74 Å². The maximum absolute atomic E-state index is 11.9. The van der Waals surface area contributed by atoms with E-state index >= 15 is 0 Å². The van der Waals surface area contributed by atoms with E-state index in [1.165, 1.54) is 11.1 Å². The van der Waals surface area contributed by atoms with Gasteiger partial charge in [-0.2, -0.15) is 0 Å². The van der Waals surface area contributed by atoms with Crippen LogP contribution >= 0.6 is 15.9 Å². The van der Waals surface area contributed by atoms with Gasteiger partial charge in [0.2, 0.25) is 0 Å². The fraction of sp³-hybridized carbons (Fsp3) is 0.455. The highest BCUT2D eigenvalue weighted by Gasteiger charge is 2.44. The zero-order chi connectivity index (χ0) is 14.9. The Labute approximate surface area is 120 Å². The molecule has 0 spiro atoms. The van der Waals surface area contributed by atoms with Gasteiger partial charge in [-0.1, -0.05) is 15.9 Å². The molecule has 1 aliphatic heterocycles. The van der Waals surface area contributed by atoms with Gasteiger partial charge in [0.15, 0.2) is 0 Å². The third-order valence-electron chi connectivity index (χ3n) is 3.07. The molecule has 8 nitrogen and oxygen atoms in total. The van der Waals surface area contributed by atoms with E-state index in [0.29, 0.717) is 0 Å². The lowest BCUT2D eigenvalue weighted by atomic mass is 10.0. The van der Waals surface area contributed by atoms with E-state index in [2.05, 4.69) is 20.9 Å². The molecule has 110 valence electrons. The number of hydrogen-bond donors (Lipinski definition) is 5. The van der Waals surface area contributed by atoms with E-state index in [4.69, 9.17) is 9.84 Å². The van der Waals surface area contributed by atoms with Crippen molar-refractivity contribution in [3.63, 3.8) is 0 Å². The molecule has 4 atom stereocenters. The molecule has 9 heteroatoms. The van der Waals surface area contributed by atoms with Crippen LogP contribution in [-0.4, -0.2) is 50.2 Å². The molecule has 0 bridgehead atoms. The fourth-order valence-corrected chi connectivity index (χ4v) is 2.39. The summed E-state index contributed by atoms with van der Waals surface area (Å²) in [7, 11) is 0. The van der Waals surface area contributed by atoms with Crippen molar-refractivity contribution in [3.8, 4) is 0 Å². The quantitative estimate of drug-likeness (QED) is 0.455. The molecule has 0 aromatic carbocycles. The van der Waals surface area contributed by atoms with Crippen molar-refractivity contribution in [2.75, 3.05) is 6.61 Å². The lowest BCUT2D eigenvalue weighted by molar-refractivity contribution is -0.0233. The molecule has 1 aromatic heterocycles. The van der Waals surface area contributed by atoms with Crippen LogP contribution < -0.4 is 11.2 Å². The van der Waals surface area contributed by atoms with Crippen LogP contribution in [0.1, 0.15) is 17.4 Å². The molecule has 1 aromatic rings. The summed E-state index contributed by atoms with van der Waals surface area (Å²) in [5.41, 5.74) is -1.32. The zero-order valence-corrected chi connectivity index (χ0v) is 11.7. The number of halogens is 1. The second kappa shape index (κ2) is 6.02. The van der Waals surface area contributed by atoms with Gasteiger partial charge < -0.3 is 25.0 Å². The number of hydrogen-bond acceptors (Lipinski definition) is 6. The van der Waals surface area contributed by atoms with Gasteiger partial charge >= 0.3 is 5.69 Å². The average Bonchev–Trinajstić information content (AvgIpc) is 2.66. The van der Waals surface area contributed by atoms with Crippen molar-refractivity contribution in [2.45, 2.75) is 24.4 Å². The first kappa shape index (κ1) is 15.1. The van der Waals surface area contributed by atoms with Gasteiger partial charge in [-0.05, 0) is 11.1 Å². The van der Waals surface area contributed by atoms with Crippen molar-refractivity contribution < 1.29 is 20.1 Å². The normalized spacial score (nSPS) is 30.2. The molecule has 0 aliphatic carbocycles. The SMILES string of the molecule is O=c1[nH]c(C=CBr)c(C2O[C@H](CO)[C@@H](O)[C@@H]2O)c(=O)[nH]1. The molecule has 20 heavy (non-hydrogen) atoms. The Balaban J connectivity index is 2.53. The van der Waals surface area contributed by atoms with E-state index in [9.17, 15) is 19.8 Å². The molecule has 2 heterocycles. The van der Waals surface area contributed by atoms with Crippen LogP contribution in [0.4, 0.5) is 0 Å². The molecular weight excluding hydrogens is 336 g/mol. The molecule has 1 unspecified atom stereocenters. The number of aliphatic hydroxyl groups is 3. The molecule has 0 amide bonds. The second-order valence-corrected chi connectivity index (χ2v) is 4.82. The van der Waals surface area contributed by atoms with Gasteiger partial charge in [0, 0.05) is 0 Å². The topological polar surface area (TPSA) is 136 Å². The van der Waals surface area contributed by atoms with Crippen LogP contribution in [0.15, 0.2) is 14.6 Å². The number of rotatable bonds is 3. The maximum atomic E-state index is 11.9. The first-order valence-electron chi connectivity index (χ1n) is 5.75. The Bertz CT molecular complexity index is 624. The minimum atomic E-state index is -1.39. The van der Waals surface area contributed by atoms with Crippen LogP contribution in [0.25, 0.3) is 6.08 Å². The summed E-state index contributed by atoms with van der Waals surface area (Å²) in [5, 5.41) is 28.7. The van der Waals surface area contributed by atoms with Crippen LogP contribution in [0.2, 0.25) is 0 Å². The van der Waals surface area contributed by atoms with Crippen molar-refractivity contribution in [2.24, 2.45) is 0 Å². The largest absolute Gasteiger partial charge is 0.394 e. The number of nitrogens with one attached hydrogen (secondary N) is 2. The fourth-order valence-electron chi connectivity index (χ4n) is 2.13. The molecular formula is C11H13BrN2O6. The van der Waals surface area contributed by atoms with Crippen molar-refractivity contribution in [1.29, 1.82) is 0 Å². The molecule has 2 rings (SSSR count). The molecule has 0 saturated carbocycles.